The number of benzene rings is 1. The minimum Gasteiger partial charge on any atom is -0.460 e. The number of hydrogen-bond donors (Lipinski definition) is 1. The van der Waals surface area contributed by atoms with E-state index in [0.717, 1.165) is 12.0 Å². The Morgan fingerprint density at radius 3 is 2.35 bits per heavy atom. The average Bonchev–Trinajstić information content (AvgIpc) is 2.66. The van der Waals surface area contributed by atoms with Crippen LogP contribution in [-0.4, -0.2) is 25.0 Å². The zero-order chi connectivity index (χ0) is 18.9. The number of ether oxygens (including phenoxy) is 1. The molecule has 0 fully saturated rings. The summed E-state index contributed by atoms with van der Waals surface area (Å²) in [6.07, 6.45) is 5.47. The number of nitrogens with one attached hydrogen (secondary N) is 1. The van der Waals surface area contributed by atoms with E-state index in [1.54, 1.807) is 0 Å². The number of carbonyl (C=O) groups excluding carboxylic acids is 2. The van der Waals surface area contributed by atoms with Crippen LogP contribution in [-0.2, 0) is 20.7 Å². The fourth-order valence-electron chi connectivity index (χ4n) is 2.77. The van der Waals surface area contributed by atoms with Gasteiger partial charge in [0.15, 0.2) is 0 Å². The van der Waals surface area contributed by atoms with Crippen LogP contribution in [0.2, 0.25) is 0 Å². The van der Waals surface area contributed by atoms with Gasteiger partial charge in [-0.25, -0.2) is 0 Å². The Labute approximate surface area is 168 Å². The van der Waals surface area contributed by atoms with Crippen LogP contribution in [0.3, 0.4) is 0 Å². The molecule has 1 aliphatic carbocycles. The lowest BCUT2D eigenvalue weighted by molar-refractivity contribution is -0.152. The van der Waals surface area contributed by atoms with Crippen molar-refractivity contribution in [3.8, 4) is 0 Å². The normalized spacial score (nSPS) is 18.9. The fraction of sp³-hybridized carbons (Fsp3) is 0.368. The highest BCUT2D eigenvalue weighted by Gasteiger charge is 2.35. The van der Waals surface area contributed by atoms with Gasteiger partial charge in [0.2, 0.25) is 5.91 Å². The van der Waals surface area contributed by atoms with E-state index >= 15 is 0 Å². The predicted molar refractivity (Wildman–Crippen MR) is 104 cm³/mol. The molecule has 7 heteroatoms. The second-order valence-electron chi connectivity index (χ2n) is 5.96. The first-order valence-corrected chi connectivity index (χ1v) is 9.45. The minimum absolute atomic E-state index is 0.0527. The summed E-state index contributed by atoms with van der Waals surface area (Å²) in [5.41, 5.74) is 1.15. The van der Waals surface area contributed by atoms with E-state index in [4.69, 9.17) is 39.5 Å². The lowest BCUT2D eigenvalue weighted by Crippen LogP contribution is -2.40. The summed E-state index contributed by atoms with van der Waals surface area (Å²) in [7, 11) is 0. The summed E-state index contributed by atoms with van der Waals surface area (Å²) >= 11 is 16.8. The van der Waals surface area contributed by atoms with Gasteiger partial charge in [-0.05, 0) is 24.8 Å². The summed E-state index contributed by atoms with van der Waals surface area (Å²) in [4.78, 5) is 24.9. The van der Waals surface area contributed by atoms with Crippen LogP contribution in [0.4, 0.5) is 0 Å². The highest BCUT2D eigenvalue weighted by molar-refractivity contribution is 6.59. The van der Waals surface area contributed by atoms with Crippen LogP contribution >= 0.6 is 34.8 Å². The first-order chi connectivity index (χ1) is 12.5. The number of rotatable bonds is 7. The summed E-state index contributed by atoms with van der Waals surface area (Å²) in [6, 6.07) is 9.89. The fourth-order valence-corrected chi connectivity index (χ4v) is 2.93. The molecule has 1 N–H and O–H groups in total. The van der Waals surface area contributed by atoms with Gasteiger partial charge >= 0.3 is 5.97 Å². The molecule has 0 aliphatic heterocycles. The predicted octanol–water partition coefficient (Wildman–Crippen LogP) is 4.36. The maximum Gasteiger partial charge on any atom is 0.310 e. The number of allylic oxidation sites excluding steroid dienone is 2. The first-order valence-electron chi connectivity index (χ1n) is 8.32. The molecule has 4 nitrogen and oxygen atoms in total. The summed E-state index contributed by atoms with van der Waals surface area (Å²) in [6.45, 7) is 0.312. The van der Waals surface area contributed by atoms with E-state index < -0.39 is 17.8 Å². The Kier molecular flexibility index (Phi) is 8.49. The number of amides is 1. The number of hydrogen-bond acceptors (Lipinski definition) is 3. The van der Waals surface area contributed by atoms with Crippen molar-refractivity contribution in [3.63, 3.8) is 0 Å². The molecule has 2 rings (SSSR count). The van der Waals surface area contributed by atoms with Crippen molar-refractivity contribution in [3.05, 3.63) is 57.6 Å². The molecule has 2 atom stereocenters. The van der Waals surface area contributed by atoms with Crippen LogP contribution in [0.15, 0.2) is 52.0 Å². The standard InChI is InChI=1S/C19H20Cl3NO3/c20-16(17(21)22)12-26-19(25)15-9-5-4-8-14(15)18(24)23-11-10-13-6-2-1-3-7-13/h1-7,14-15H,8-12H2,(H,23,24)/t14-,15-/m0/s1. The monoisotopic (exact) mass is 415 g/mol. The third-order valence-electron chi connectivity index (χ3n) is 4.17. The maximum absolute atomic E-state index is 12.5. The molecule has 140 valence electrons. The third-order valence-corrected chi connectivity index (χ3v) is 5.12. The quantitative estimate of drug-likeness (QED) is 0.531. The SMILES string of the molecule is O=C(NCCc1ccccc1)[C@H]1CC=CC[C@@H]1C(=O)OCC(Cl)=C(Cl)Cl. The molecular formula is C19H20Cl3NO3. The lowest BCUT2D eigenvalue weighted by Gasteiger charge is -2.26. The van der Waals surface area contributed by atoms with E-state index in [9.17, 15) is 9.59 Å². The van der Waals surface area contributed by atoms with Gasteiger partial charge in [-0.15, -0.1) is 0 Å². The molecular weight excluding hydrogens is 397 g/mol. The molecule has 0 spiro atoms. The third kappa shape index (κ3) is 6.35. The van der Waals surface area contributed by atoms with Gasteiger partial charge in [-0.2, -0.15) is 0 Å². The molecule has 0 radical (unpaired) electrons. The molecule has 1 aliphatic rings. The van der Waals surface area contributed by atoms with E-state index in [2.05, 4.69) is 5.32 Å². The van der Waals surface area contributed by atoms with Crippen molar-refractivity contribution < 1.29 is 14.3 Å². The maximum atomic E-state index is 12.5. The van der Waals surface area contributed by atoms with Gasteiger partial charge in [-0.3, -0.25) is 9.59 Å². The van der Waals surface area contributed by atoms with Gasteiger partial charge in [-0.1, -0.05) is 77.3 Å². The van der Waals surface area contributed by atoms with Crippen molar-refractivity contribution in [2.24, 2.45) is 11.8 Å². The Balaban J connectivity index is 1.88. The minimum atomic E-state index is -0.546. The smallest absolute Gasteiger partial charge is 0.310 e. The lowest BCUT2D eigenvalue weighted by atomic mass is 9.82. The van der Waals surface area contributed by atoms with Crippen LogP contribution in [0.5, 0.6) is 0 Å². The molecule has 0 unspecified atom stereocenters. The number of carbonyl (C=O) groups is 2. The number of esters is 1. The molecule has 0 saturated heterocycles. The first kappa shape index (κ1) is 20.8. The highest BCUT2D eigenvalue weighted by Crippen LogP contribution is 2.28. The van der Waals surface area contributed by atoms with Gasteiger partial charge in [0, 0.05) is 6.54 Å². The van der Waals surface area contributed by atoms with Crippen molar-refractivity contribution in [2.45, 2.75) is 19.3 Å². The van der Waals surface area contributed by atoms with Crippen molar-refractivity contribution in [1.29, 1.82) is 0 Å². The number of halogens is 3. The van der Waals surface area contributed by atoms with Crippen LogP contribution in [0.1, 0.15) is 18.4 Å². The molecule has 0 heterocycles. The Hall–Kier alpha value is -1.49. The zero-order valence-electron chi connectivity index (χ0n) is 14.1. The van der Waals surface area contributed by atoms with Gasteiger partial charge in [0.25, 0.3) is 0 Å². The topological polar surface area (TPSA) is 55.4 Å². The van der Waals surface area contributed by atoms with E-state index in [0.29, 0.717) is 19.4 Å². The second-order valence-corrected chi connectivity index (χ2v) is 7.36. The molecule has 1 amide bonds. The molecule has 0 aromatic heterocycles. The summed E-state index contributed by atoms with van der Waals surface area (Å²) in [5, 5.41) is 2.96. The summed E-state index contributed by atoms with van der Waals surface area (Å²) < 4.78 is 5.01. The molecule has 26 heavy (non-hydrogen) atoms. The van der Waals surface area contributed by atoms with Gasteiger partial charge < -0.3 is 10.1 Å². The highest BCUT2D eigenvalue weighted by atomic mass is 35.5. The Bertz CT molecular complexity index is 685. The Morgan fingerprint density at radius 2 is 1.69 bits per heavy atom. The molecule has 0 bridgehead atoms. The van der Waals surface area contributed by atoms with Gasteiger partial charge in [0.1, 0.15) is 11.1 Å². The molecule has 0 saturated carbocycles. The summed E-state index contributed by atoms with van der Waals surface area (Å²) in [5.74, 6) is -1.64. The zero-order valence-corrected chi connectivity index (χ0v) is 16.4. The van der Waals surface area contributed by atoms with Crippen molar-refractivity contribution >= 4 is 46.7 Å². The van der Waals surface area contributed by atoms with Crippen LogP contribution in [0.25, 0.3) is 0 Å². The van der Waals surface area contributed by atoms with Crippen LogP contribution in [0, 0.1) is 11.8 Å². The van der Waals surface area contributed by atoms with E-state index in [1.807, 2.05) is 42.5 Å². The van der Waals surface area contributed by atoms with Gasteiger partial charge in [0.05, 0.1) is 16.9 Å². The second kappa shape index (κ2) is 10.6. The Morgan fingerprint density at radius 1 is 1.04 bits per heavy atom. The van der Waals surface area contributed by atoms with Crippen LogP contribution < -0.4 is 5.32 Å². The van der Waals surface area contributed by atoms with E-state index in [-0.39, 0.29) is 22.0 Å². The van der Waals surface area contributed by atoms with E-state index in [1.165, 1.54) is 0 Å². The largest absolute Gasteiger partial charge is 0.460 e. The van der Waals surface area contributed by atoms with Crippen molar-refractivity contribution in [1.82, 2.24) is 5.32 Å². The molecule has 1 aromatic carbocycles. The average molecular weight is 417 g/mol. The van der Waals surface area contributed by atoms with Crippen molar-refractivity contribution in [2.75, 3.05) is 13.2 Å². The molecule has 1 aromatic rings.